The second kappa shape index (κ2) is 5.47. The van der Waals surface area contributed by atoms with Gasteiger partial charge in [-0.25, -0.2) is 0 Å². The lowest BCUT2D eigenvalue weighted by atomic mass is 9.72. The monoisotopic (exact) mass is 345 g/mol. The molecule has 0 unspecified atom stereocenters. The molecular weight excluding hydrogens is 326 g/mol. The van der Waals surface area contributed by atoms with Gasteiger partial charge in [-0.3, -0.25) is 4.90 Å². The summed E-state index contributed by atoms with van der Waals surface area (Å²) in [5.41, 5.74) is 5.59. The second-order valence-corrected chi connectivity index (χ2v) is 6.08. The van der Waals surface area contributed by atoms with E-state index in [2.05, 4.69) is 42.3 Å². The Hall–Kier alpha value is -1.32. The van der Waals surface area contributed by atoms with Crippen LogP contribution >= 0.6 is 17.0 Å². The minimum Gasteiger partial charge on any atom is -0.508 e. The summed E-state index contributed by atoms with van der Waals surface area (Å²) in [4.78, 5) is 2.47. The zero-order valence-corrected chi connectivity index (χ0v) is 13.8. The molecule has 2 atom stereocenters. The van der Waals surface area contributed by atoms with E-state index in [1.807, 2.05) is 12.1 Å². The summed E-state index contributed by atoms with van der Waals surface area (Å²) in [5.74, 6) is 0.788. The van der Waals surface area contributed by atoms with Crippen molar-refractivity contribution in [2.24, 2.45) is 0 Å². The molecule has 0 spiro atoms. The number of aryl methyl sites for hydroxylation is 1. The van der Waals surface area contributed by atoms with Gasteiger partial charge in [0.2, 0.25) is 0 Å². The molecule has 110 valence electrons. The fourth-order valence-electron chi connectivity index (χ4n) is 3.99. The number of nitrogens with zero attached hydrogens (tertiary/aromatic N) is 1. The van der Waals surface area contributed by atoms with E-state index in [1.54, 1.807) is 0 Å². The molecule has 0 amide bonds. The number of hydrogen-bond acceptors (Lipinski definition) is 2. The fourth-order valence-corrected chi connectivity index (χ4v) is 3.99. The van der Waals surface area contributed by atoms with Crippen molar-refractivity contribution in [3.63, 3.8) is 0 Å². The highest BCUT2D eigenvalue weighted by Gasteiger charge is 2.37. The number of phenols is 1. The zero-order valence-electron chi connectivity index (χ0n) is 12.1. The maximum Gasteiger partial charge on any atom is 0.115 e. The van der Waals surface area contributed by atoms with E-state index < -0.39 is 0 Å². The van der Waals surface area contributed by atoms with Gasteiger partial charge in [0.1, 0.15) is 5.75 Å². The lowest BCUT2D eigenvalue weighted by molar-refractivity contribution is 0.178. The van der Waals surface area contributed by atoms with Crippen LogP contribution in [-0.2, 0) is 13.0 Å². The predicted octanol–water partition coefficient (Wildman–Crippen LogP) is 3.86. The van der Waals surface area contributed by atoms with E-state index in [9.17, 15) is 5.11 Å². The molecule has 0 saturated heterocycles. The molecule has 4 rings (SSSR count). The smallest absolute Gasteiger partial charge is 0.115 e. The zero-order chi connectivity index (χ0) is 13.7. The van der Waals surface area contributed by atoms with E-state index >= 15 is 0 Å². The topological polar surface area (TPSA) is 23.5 Å². The number of likely N-dealkylation sites (N-methyl/N-ethyl adjacent to an activating group) is 1. The Kier molecular flexibility index (Phi) is 3.80. The van der Waals surface area contributed by atoms with Crippen LogP contribution in [0.25, 0.3) is 0 Å². The van der Waals surface area contributed by atoms with Gasteiger partial charge in [0.25, 0.3) is 0 Å². The summed E-state index contributed by atoms with van der Waals surface area (Å²) >= 11 is 0. The third kappa shape index (κ3) is 2.29. The molecule has 3 heteroatoms. The Balaban J connectivity index is 0.00000132. The van der Waals surface area contributed by atoms with E-state index in [0.717, 1.165) is 13.0 Å². The molecule has 1 N–H and O–H groups in total. The maximum absolute atomic E-state index is 9.88. The molecule has 2 nitrogen and oxygen atoms in total. The molecule has 2 aromatic rings. The Morgan fingerprint density at radius 1 is 1.05 bits per heavy atom. The van der Waals surface area contributed by atoms with Gasteiger partial charge < -0.3 is 5.11 Å². The van der Waals surface area contributed by atoms with Crippen LogP contribution in [0.3, 0.4) is 0 Å². The molecule has 21 heavy (non-hydrogen) atoms. The molecule has 0 radical (unpaired) electrons. The van der Waals surface area contributed by atoms with Gasteiger partial charge in [-0.15, -0.1) is 17.0 Å². The maximum atomic E-state index is 9.88. The third-order valence-electron chi connectivity index (χ3n) is 4.93. The quantitative estimate of drug-likeness (QED) is 0.783. The second-order valence-electron chi connectivity index (χ2n) is 6.08. The number of aromatic hydroxyl groups is 1. The number of rotatable bonds is 0. The van der Waals surface area contributed by atoms with Crippen LogP contribution in [0.2, 0.25) is 0 Å². The number of hydrogen-bond donors (Lipinski definition) is 1. The largest absolute Gasteiger partial charge is 0.508 e. The van der Waals surface area contributed by atoms with E-state index in [1.165, 1.54) is 28.7 Å². The molecule has 0 fully saturated rings. The first-order valence-corrected chi connectivity index (χ1v) is 7.34. The van der Waals surface area contributed by atoms with Gasteiger partial charge in [-0.05, 0) is 54.3 Å². The van der Waals surface area contributed by atoms with Crippen molar-refractivity contribution in [1.82, 2.24) is 4.90 Å². The summed E-state index contributed by atoms with van der Waals surface area (Å²) in [6.07, 6.45) is 2.32. The standard InChI is InChI=1S/C18H19NO.BrH/c1-19-11-13-4-2-3-5-15(13)18-16-10-14(20)8-6-12(16)7-9-17(18)19;/h2-6,8,10,17-18,20H,7,9,11H2,1H3;1H/t17-,18-;/m1./s1. The highest BCUT2D eigenvalue weighted by molar-refractivity contribution is 8.93. The molecule has 1 heterocycles. The van der Waals surface area contributed by atoms with Crippen LogP contribution in [0, 0.1) is 0 Å². The lowest BCUT2D eigenvalue weighted by Crippen LogP contribution is -2.43. The summed E-state index contributed by atoms with van der Waals surface area (Å²) in [5, 5.41) is 9.88. The first kappa shape index (κ1) is 14.6. The molecule has 1 aliphatic carbocycles. The van der Waals surface area contributed by atoms with Crippen LogP contribution in [0.5, 0.6) is 5.75 Å². The average molecular weight is 346 g/mol. The fraction of sp³-hybridized carbons (Fsp3) is 0.333. The SMILES string of the molecule is Br.CN1Cc2ccccc2[C@@H]2c3cc(O)ccc3CC[C@H]21. The van der Waals surface area contributed by atoms with Crippen LogP contribution in [-0.4, -0.2) is 23.1 Å². The van der Waals surface area contributed by atoms with Crippen molar-refractivity contribution < 1.29 is 5.11 Å². The molecule has 2 aliphatic rings. The Bertz CT molecular complexity index is 670. The van der Waals surface area contributed by atoms with Crippen molar-refractivity contribution in [2.75, 3.05) is 7.05 Å². The minimum absolute atomic E-state index is 0. The summed E-state index contributed by atoms with van der Waals surface area (Å²) in [6.45, 7) is 1.03. The number of fused-ring (bicyclic) bond motifs is 5. The Morgan fingerprint density at radius 2 is 1.86 bits per heavy atom. The Morgan fingerprint density at radius 3 is 2.71 bits per heavy atom. The molecule has 1 aliphatic heterocycles. The Labute approximate surface area is 136 Å². The average Bonchev–Trinajstić information content (AvgIpc) is 2.46. The molecule has 0 aromatic heterocycles. The van der Waals surface area contributed by atoms with E-state index in [0.29, 0.717) is 17.7 Å². The van der Waals surface area contributed by atoms with E-state index in [-0.39, 0.29) is 17.0 Å². The van der Waals surface area contributed by atoms with Crippen LogP contribution in [0.4, 0.5) is 0 Å². The van der Waals surface area contributed by atoms with Crippen LogP contribution < -0.4 is 0 Å². The van der Waals surface area contributed by atoms with Gasteiger partial charge in [0, 0.05) is 18.5 Å². The number of benzene rings is 2. The van der Waals surface area contributed by atoms with Gasteiger partial charge in [0.15, 0.2) is 0 Å². The van der Waals surface area contributed by atoms with E-state index in [4.69, 9.17) is 0 Å². The third-order valence-corrected chi connectivity index (χ3v) is 4.93. The van der Waals surface area contributed by atoms with Crippen molar-refractivity contribution in [1.29, 1.82) is 0 Å². The van der Waals surface area contributed by atoms with Crippen molar-refractivity contribution in [3.8, 4) is 5.75 Å². The van der Waals surface area contributed by atoms with Gasteiger partial charge in [0.05, 0.1) is 0 Å². The highest BCUT2D eigenvalue weighted by atomic mass is 79.9. The molecule has 2 aromatic carbocycles. The van der Waals surface area contributed by atoms with Crippen molar-refractivity contribution in [3.05, 3.63) is 64.7 Å². The van der Waals surface area contributed by atoms with Gasteiger partial charge in [-0.2, -0.15) is 0 Å². The molecule has 0 bridgehead atoms. The highest BCUT2D eigenvalue weighted by Crippen LogP contribution is 2.44. The summed E-state index contributed by atoms with van der Waals surface area (Å²) in [6, 6.07) is 15.2. The van der Waals surface area contributed by atoms with Gasteiger partial charge >= 0.3 is 0 Å². The normalized spacial score (nSPS) is 23.5. The lowest BCUT2D eigenvalue weighted by Gasteiger charge is -2.44. The molecular formula is C18H20BrNO. The predicted molar refractivity (Wildman–Crippen MR) is 90.3 cm³/mol. The minimum atomic E-state index is 0. The molecule has 0 saturated carbocycles. The van der Waals surface area contributed by atoms with Crippen LogP contribution in [0.1, 0.15) is 34.6 Å². The van der Waals surface area contributed by atoms with Crippen LogP contribution in [0.15, 0.2) is 42.5 Å². The summed E-state index contributed by atoms with van der Waals surface area (Å²) < 4.78 is 0. The summed E-state index contributed by atoms with van der Waals surface area (Å²) in [7, 11) is 2.22. The first-order valence-electron chi connectivity index (χ1n) is 7.34. The number of halogens is 1. The first-order chi connectivity index (χ1) is 9.74. The number of phenolic OH excluding ortho intramolecular Hbond substituents is 1. The van der Waals surface area contributed by atoms with Crippen molar-refractivity contribution in [2.45, 2.75) is 31.3 Å². The van der Waals surface area contributed by atoms with Gasteiger partial charge in [-0.1, -0.05) is 30.3 Å². The van der Waals surface area contributed by atoms with Crippen molar-refractivity contribution >= 4 is 17.0 Å².